The molecule has 0 fully saturated rings. The molecular formula is C16H23N3O. The van der Waals surface area contributed by atoms with E-state index in [9.17, 15) is 0 Å². The van der Waals surface area contributed by atoms with Crippen molar-refractivity contribution in [2.45, 2.75) is 39.8 Å². The second-order valence-electron chi connectivity index (χ2n) is 5.07. The summed E-state index contributed by atoms with van der Waals surface area (Å²) in [5, 5.41) is 4.59. The third-order valence-electron chi connectivity index (χ3n) is 3.78. The van der Waals surface area contributed by atoms with E-state index in [1.54, 1.807) is 7.11 Å². The molecule has 0 radical (unpaired) electrons. The highest BCUT2D eigenvalue weighted by Gasteiger charge is 2.14. The van der Waals surface area contributed by atoms with E-state index in [1.165, 1.54) is 11.3 Å². The Balaban J connectivity index is 2.21. The van der Waals surface area contributed by atoms with E-state index in [1.807, 2.05) is 28.9 Å². The van der Waals surface area contributed by atoms with Gasteiger partial charge in [0.2, 0.25) is 0 Å². The Labute approximate surface area is 120 Å². The highest BCUT2D eigenvalue weighted by atomic mass is 16.5. The molecule has 0 aliphatic carbocycles. The van der Waals surface area contributed by atoms with Crippen molar-refractivity contribution in [2.75, 3.05) is 7.11 Å². The van der Waals surface area contributed by atoms with Crippen LogP contribution in [0.15, 0.2) is 24.3 Å². The van der Waals surface area contributed by atoms with Gasteiger partial charge in [-0.05, 0) is 43.5 Å². The minimum absolute atomic E-state index is 0.0900. The van der Waals surface area contributed by atoms with Crippen molar-refractivity contribution in [3.05, 3.63) is 46.8 Å². The summed E-state index contributed by atoms with van der Waals surface area (Å²) in [7, 11) is 1.67. The fourth-order valence-corrected chi connectivity index (χ4v) is 2.59. The first kappa shape index (κ1) is 14.6. The predicted octanol–water partition coefficient (Wildman–Crippen LogP) is 2.77. The van der Waals surface area contributed by atoms with Crippen LogP contribution in [-0.4, -0.2) is 16.9 Å². The third kappa shape index (κ3) is 2.85. The SMILES string of the molecule is CCc1c(C)nn(CC(N)c2cccc(OC)c2)c1C. The van der Waals surface area contributed by atoms with Gasteiger partial charge in [-0.2, -0.15) is 5.10 Å². The number of aryl methyl sites for hydroxylation is 1. The van der Waals surface area contributed by atoms with Crippen LogP contribution in [0.2, 0.25) is 0 Å². The molecule has 4 heteroatoms. The first-order chi connectivity index (χ1) is 9.56. The molecular weight excluding hydrogens is 250 g/mol. The molecule has 0 amide bonds. The van der Waals surface area contributed by atoms with Crippen LogP contribution in [0.4, 0.5) is 0 Å². The molecule has 0 bridgehead atoms. The molecule has 0 aliphatic heterocycles. The van der Waals surface area contributed by atoms with Crippen LogP contribution in [0.1, 0.15) is 35.5 Å². The van der Waals surface area contributed by atoms with Crippen molar-refractivity contribution in [2.24, 2.45) is 5.73 Å². The minimum atomic E-state index is -0.0900. The largest absolute Gasteiger partial charge is 0.497 e. The van der Waals surface area contributed by atoms with Crippen molar-refractivity contribution in [3.63, 3.8) is 0 Å². The molecule has 0 aliphatic rings. The van der Waals surface area contributed by atoms with Crippen LogP contribution in [0, 0.1) is 13.8 Å². The minimum Gasteiger partial charge on any atom is -0.497 e. The Morgan fingerprint density at radius 2 is 2.10 bits per heavy atom. The lowest BCUT2D eigenvalue weighted by Gasteiger charge is -2.14. The smallest absolute Gasteiger partial charge is 0.119 e. The van der Waals surface area contributed by atoms with E-state index in [0.717, 1.165) is 23.4 Å². The first-order valence-electron chi connectivity index (χ1n) is 6.99. The molecule has 0 spiro atoms. The number of nitrogens with two attached hydrogens (primary N) is 1. The molecule has 108 valence electrons. The maximum atomic E-state index is 6.30. The summed E-state index contributed by atoms with van der Waals surface area (Å²) in [5.74, 6) is 0.834. The summed E-state index contributed by atoms with van der Waals surface area (Å²) >= 11 is 0. The Bertz CT molecular complexity index is 589. The Morgan fingerprint density at radius 1 is 1.35 bits per heavy atom. The zero-order valence-corrected chi connectivity index (χ0v) is 12.7. The summed E-state index contributed by atoms with van der Waals surface area (Å²) in [6, 6.07) is 7.81. The fraction of sp³-hybridized carbons (Fsp3) is 0.438. The molecule has 2 N–H and O–H groups in total. The average molecular weight is 273 g/mol. The van der Waals surface area contributed by atoms with Gasteiger partial charge in [-0.25, -0.2) is 0 Å². The standard InChI is InChI=1S/C16H23N3O/c1-5-15-11(2)18-19(12(15)3)10-16(17)13-7-6-8-14(9-13)20-4/h6-9,16H,5,10,17H2,1-4H3. The summed E-state index contributed by atoms with van der Waals surface area (Å²) < 4.78 is 7.25. The van der Waals surface area contributed by atoms with Crippen LogP contribution in [0.5, 0.6) is 5.75 Å². The number of ether oxygens (including phenoxy) is 1. The van der Waals surface area contributed by atoms with Gasteiger partial charge in [0.15, 0.2) is 0 Å². The van der Waals surface area contributed by atoms with E-state index >= 15 is 0 Å². The number of rotatable bonds is 5. The number of benzene rings is 1. The van der Waals surface area contributed by atoms with E-state index in [2.05, 4.69) is 25.9 Å². The maximum Gasteiger partial charge on any atom is 0.119 e. The summed E-state index contributed by atoms with van der Waals surface area (Å²) in [4.78, 5) is 0. The molecule has 1 aromatic carbocycles. The Kier molecular flexibility index (Phi) is 4.45. The maximum absolute atomic E-state index is 6.30. The molecule has 4 nitrogen and oxygen atoms in total. The normalized spacial score (nSPS) is 12.4. The molecule has 1 heterocycles. The average Bonchev–Trinajstić information content (AvgIpc) is 2.73. The summed E-state index contributed by atoms with van der Waals surface area (Å²) in [6.07, 6.45) is 1.01. The van der Waals surface area contributed by atoms with Crippen LogP contribution in [0.25, 0.3) is 0 Å². The number of methoxy groups -OCH3 is 1. The highest BCUT2D eigenvalue weighted by molar-refractivity contribution is 5.30. The van der Waals surface area contributed by atoms with Gasteiger partial charge >= 0.3 is 0 Å². The van der Waals surface area contributed by atoms with Crippen LogP contribution in [-0.2, 0) is 13.0 Å². The van der Waals surface area contributed by atoms with Gasteiger partial charge in [0, 0.05) is 11.7 Å². The van der Waals surface area contributed by atoms with Crippen molar-refractivity contribution in [3.8, 4) is 5.75 Å². The van der Waals surface area contributed by atoms with E-state index in [0.29, 0.717) is 6.54 Å². The zero-order valence-electron chi connectivity index (χ0n) is 12.7. The molecule has 2 rings (SSSR count). The third-order valence-corrected chi connectivity index (χ3v) is 3.78. The van der Waals surface area contributed by atoms with E-state index in [4.69, 9.17) is 10.5 Å². The molecule has 1 aromatic heterocycles. The molecule has 1 atom stereocenters. The van der Waals surface area contributed by atoms with Gasteiger partial charge in [0.05, 0.1) is 19.3 Å². The number of hydrogen-bond donors (Lipinski definition) is 1. The van der Waals surface area contributed by atoms with Crippen LogP contribution >= 0.6 is 0 Å². The lowest BCUT2D eigenvalue weighted by molar-refractivity contribution is 0.413. The molecule has 0 saturated carbocycles. The molecule has 2 aromatic rings. The lowest BCUT2D eigenvalue weighted by atomic mass is 10.1. The van der Waals surface area contributed by atoms with Crippen molar-refractivity contribution >= 4 is 0 Å². The van der Waals surface area contributed by atoms with Gasteiger partial charge in [0.1, 0.15) is 5.75 Å². The lowest BCUT2D eigenvalue weighted by Crippen LogP contribution is -2.19. The number of nitrogens with zero attached hydrogens (tertiary/aromatic N) is 2. The fourth-order valence-electron chi connectivity index (χ4n) is 2.59. The van der Waals surface area contributed by atoms with Crippen molar-refractivity contribution < 1.29 is 4.74 Å². The second kappa shape index (κ2) is 6.09. The van der Waals surface area contributed by atoms with Gasteiger partial charge in [-0.15, -0.1) is 0 Å². The number of aromatic nitrogens is 2. The number of hydrogen-bond acceptors (Lipinski definition) is 3. The predicted molar refractivity (Wildman–Crippen MR) is 81.0 cm³/mol. The Hall–Kier alpha value is -1.81. The molecule has 1 unspecified atom stereocenters. The quantitative estimate of drug-likeness (QED) is 0.911. The van der Waals surface area contributed by atoms with Gasteiger partial charge in [0.25, 0.3) is 0 Å². The summed E-state index contributed by atoms with van der Waals surface area (Å²) in [5.41, 5.74) is 11.0. The van der Waals surface area contributed by atoms with Gasteiger partial charge < -0.3 is 10.5 Å². The van der Waals surface area contributed by atoms with Crippen LogP contribution in [0.3, 0.4) is 0 Å². The molecule has 20 heavy (non-hydrogen) atoms. The first-order valence-corrected chi connectivity index (χ1v) is 6.99. The van der Waals surface area contributed by atoms with E-state index < -0.39 is 0 Å². The van der Waals surface area contributed by atoms with E-state index in [-0.39, 0.29) is 6.04 Å². The monoisotopic (exact) mass is 273 g/mol. The van der Waals surface area contributed by atoms with Crippen LogP contribution < -0.4 is 10.5 Å². The zero-order chi connectivity index (χ0) is 14.7. The topological polar surface area (TPSA) is 53.1 Å². The summed E-state index contributed by atoms with van der Waals surface area (Å²) in [6.45, 7) is 7.00. The molecule has 0 saturated heterocycles. The van der Waals surface area contributed by atoms with Crippen molar-refractivity contribution in [1.82, 2.24) is 9.78 Å². The van der Waals surface area contributed by atoms with Crippen molar-refractivity contribution in [1.29, 1.82) is 0 Å². The van der Waals surface area contributed by atoms with Gasteiger partial charge in [-0.1, -0.05) is 19.1 Å². The highest BCUT2D eigenvalue weighted by Crippen LogP contribution is 2.21. The Morgan fingerprint density at radius 3 is 2.70 bits per heavy atom. The second-order valence-corrected chi connectivity index (χ2v) is 5.07. The van der Waals surface area contributed by atoms with Gasteiger partial charge in [-0.3, -0.25) is 4.68 Å².